The predicted octanol–water partition coefficient (Wildman–Crippen LogP) is 3.29. The highest BCUT2D eigenvalue weighted by Crippen LogP contribution is 2.25. The van der Waals surface area contributed by atoms with Crippen molar-refractivity contribution >= 4 is 11.7 Å². The fourth-order valence-electron chi connectivity index (χ4n) is 3.73. The minimum atomic E-state index is -0.118. The van der Waals surface area contributed by atoms with Crippen molar-refractivity contribution in [1.82, 2.24) is 20.3 Å². The van der Waals surface area contributed by atoms with Crippen molar-refractivity contribution in [1.29, 1.82) is 0 Å². The summed E-state index contributed by atoms with van der Waals surface area (Å²) >= 11 is 0. The molecule has 1 aliphatic heterocycles. The fourth-order valence-corrected chi connectivity index (χ4v) is 3.73. The van der Waals surface area contributed by atoms with Crippen molar-refractivity contribution in [2.75, 3.05) is 11.4 Å². The summed E-state index contributed by atoms with van der Waals surface area (Å²) in [4.78, 5) is 28.1. The molecule has 0 aliphatic carbocycles. The molecule has 0 aromatic carbocycles. The van der Waals surface area contributed by atoms with Crippen LogP contribution in [0.1, 0.15) is 43.9 Å². The fraction of sp³-hybridized carbons (Fsp3) is 0.304. The van der Waals surface area contributed by atoms with Gasteiger partial charge in [-0.1, -0.05) is 6.07 Å². The van der Waals surface area contributed by atoms with Crippen molar-refractivity contribution in [3.8, 4) is 0 Å². The molecule has 148 valence electrons. The minimum Gasteiger partial charge on any atom is -0.352 e. The van der Waals surface area contributed by atoms with E-state index < -0.39 is 0 Å². The van der Waals surface area contributed by atoms with Crippen LogP contribution >= 0.6 is 0 Å². The number of aromatic nitrogens is 3. The van der Waals surface area contributed by atoms with E-state index in [9.17, 15) is 4.79 Å². The van der Waals surface area contributed by atoms with E-state index in [-0.39, 0.29) is 5.91 Å². The molecule has 1 N–H and O–H groups in total. The molecule has 0 saturated heterocycles. The molecule has 0 atom stereocenters. The molecule has 0 bridgehead atoms. The number of carbonyl (C=O) groups is 1. The van der Waals surface area contributed by atoms with Crippen LogP contribution in [0.2, 0.25) is 0 Å². The Morgan fingerprint density at radius 1 is 1.10 bits per heavy atom. The van der Waals surface area contributed by atoms with Gasteiger partial charge in [0.1, 0.15) is 5.82 Å². The van der Waals surface area contributed by atoms with Gasteiger partial charge in [-0.2, -0.15) is 0 Å². The van der Waals surface area contributed by atoms with Crippen LogP contribution in [0.4, 0.5) is 5.82 Å². The molecule has 6 nitrogen and oxygen atoms in total. The van der Waals surface area contributed by atoms with E-state index in [4.69, 9.17) is 0 Å². The van der Waals surface area contributed by atoms with Crippen LogP contribution in [0.25, 0.3) is 0 Å². The largest absolute Gasteiger partial charge is 0.352 e. The third-order valence-electron chi connectivity index (χ3n) is 5.36. The highest BCUT2D eigenvalue weighted by Gasteiger charge is 2.20. The first-order chi connectivity index (χ1) is 14.0. The average Bonchev–Trinajstić information content (AvgIpc) is 2.72. The standard InChI is InChI=1S/C23H25N5O/c1-15-8-20-14-28(7-5-21(20)25-10-15)22-16(2)9-19(13-26-22)23(29)27-12-18-4-6-24-11-17(18)3/h4,6,8-11,13H,5,7,12,14H2,1-3H3,(H,27,29). The van der Waals surface area contributed by atoms with Gasteiger partial charge < -0.3 is 10.2 Å². The lowest BCUT2D eigenvalue weighted by atomic mass is 10.0. The number of carbonyl (C=O) groups excluding carboxylic acids is 1. The lowest BCUT2D eigenvalue weighted by Gasteiger charge is -2.30. The summed E-state index contributed by atoms with van der Waals surface area (Å²) < 4.78 is 0. The van der Waals surface area contributed by atoms with Crippen molar-refractivity contribution < 1.29 is 4.79 Å². The van der Waals surface area contributed by atoms with Crippen molar-refractivity contribution in [2.45, 2.75) is 40.3 Å². The van der Waals surface area contributed by atoms with Gasteiger partial charge in [0, 0.05) is 56.5 Å². The Morgan fingerprint density at radius 3 is 2.76 bits per heavy atom. The van der Waals surface area contributed by atoms with E-state index in [1.165, 1.54) is 16.8 Å². The minimum absolute atomic E-state index is 0.118. The Hall–Kier alpha value is -3.28. The van der Waals surface area contributed by atoms with Gasteiger partial charge in [-0.05, 0) is 60.7 Å². The van der Waals surface area contributed by atoms with E-state index in [0.717, 1.165) is 42.0 Å². The van der Waals surface area contributed by atoms with E-state index in [2.05, 4.69) is 38.2 Å². The molecule has 0 radical (unpaired) electrons. The Balaban J connectivity index is 1.47. The molecule has 29 heavy (non-hydrogen) atoms. The zero-order valence-electron chi connectivity index (χ0n) is 17.1. The van der Waals surface area contributed by atoms with E-state index >= 15 is 0 Å². The molecule has 0 fully saturated rings. The number of nitrogens with zero attached hydrogens (tertiary/aromatic N) is 4. The number of fused-ring (bicyclic) bond motifs is 1. The Labute approximate surface area is 171 Å². The summed E-state index contributed by atoms with van der Waals surface area (Å²) in [5.74, 6) is 0.811. The second kappa shape index (κ2) is 7.99. The maximum atomic E-state index is 12.6. The van der Waals surface area contributed by atoms with Gasteiger partial charge in [0.05, 0.1) is 5.56 Å². The van der Waals surface area contributed by atoms with Crippen LogP contribution in [-0.4, -0.2) is 27.4 Å². The summed E-state index contributed by atoms with van der Waals surface area (Å²) in [6.45, 7) is 8.22. The summed E-state index contributed by atoms with van der Waals surface area (Å²) in [6, 6.07) is 6.04. The number of pyridine rings is 3. The smallest absolute Gasteiger partial charge is 0.253 e. The highest BCUT2D eigenvalue weighted by molar-refractivity contribution is 5.94. The van der Waals surface area contributed by atoms with Gasteiger partial charge in [-0.15, -0.1) is 0 Å². The van der Waals surface area contributed by atoms with Crippen LogP contribution in [0.3, 0.4) is 0 Å². The van der Waals surface area contributed by atoms with E-state index in [1.807, 2.05) is 32.2 Å². The Bertz CT molecular complexity index is 1060. The SMILES string of the molecule is Cc1cnc2c(c1)CN(c1ncc(C(=O)NCc3ccncc3C)cc1C)CC2. The third-order valence-corrected chi connectivity index (χ3v) is 5.36. The lowest BCUT2D eigenvalue weighted by Crippen LogP contribution is -2.32. The van der Waals surface area contributed by atoms with Crippen molar-refractivity contribution in [2.24, 2.45) is 0 Å². The van der Waals surface area contributed by atoms with Crippen molar-refractivity contribution in [3.05, 3.63) is 82.1 Å². The molecule has 3 aromatic rings. The van der Waals surface area contributed by atoms with Gasteiger partial charge in [-0.3, -0.25) is 14.8 Å². The Kier molecular flexibility index (Phi) is 5.25. The molecule has 0 spiro atoms. The zero-order valence-corrected chi connectivity index (χ0v) is 17.1. The number of aryl methyl sites for hydroxylation is 3. The van der Waals surface area contributed by atoms with Gasteiger partial charge in [0.15, 0.2) is 0 Å². The quantitative estimate of drug-likeness (QED) is 0.744. The predicted molar refractivity (Wildman–Crippen MR) is 113 cm³/mol. The molecule has 3 aromatic heterocycles. The van der Waals surface area contributed by atoms with Crippen LogP contribution in [0.15, 0.2) is 43.0 Å². The molecular weight excluding hydrogens is 362 g/mol. The summed E-state index contributed by atoms with van der Waals surface area (Å²) in [7, 11) is 0. The Morgan fingerprint density at radius 2 is 1.97 bits per heavy atom. The molecule has 0 unspecified atom stereocenters. The van der Waals surface area contributed by atoms with Gasteiger partial charge in [0.2, 0.25) is 0 Å². The maximum absolute atomic E-state index is 12.6. The summed E-state index contributed by atoms with van der Waals surface area (Å²) in [5, 5.41) is 2.97. The second-order valence-electron chi connectivity index (χ2n) is 7.64. The first kappa shape index (κ1) is 19.1. The molecule has 1 amide bonds. The number of rotatable bonds is 4. The molecule has 6 heteroatoms. The second-order valence-corrected chi connectivity index (χ2v) is 7.64. The number of anilines is 1. The van der Waals surface area contributed by atoms with Crippen LogP contribution in [0.5, 0.6) is 0 Å². The van der Waals surface area contributed by atoms with Gasteiger partial charge in [0.25, 0.3) is 5.91 Å². The maximum Gasteiger partial charge on any atom is 0.253 e. The highest BCUT2D eigenvalue weighted by atomic mass is 16.1. The van der Waals surface area contributed by atoms with Crippen LogP contribution < -0.4 is 10.2 Å². The summed E-state index contributed by atoms with van der Waals surface area (Å²) in [5.41, 5.74) is 7.30. The van der Waals surface area contributed by atoms with Crippen LogP contribution in [0, 0.1) is 20.8 Å². The average molecular weight is 387 g/mol. The normalized spacial score (nSPS) is 13.1. The zero-order chi connectivity index (χ0) is 20.4. The lowest BCUT2D eigenvalue weighted by molar-refractivity contribution is 0.0950. The first-order valence-corrected chi connectivity index (χ1v) is 9.85. The molecule has 4 heterocycles. The first-order valence-electron chi connectivity index (χ1n) is 9.85. The van der Waals surface area contributed by atoms with Gasteiger partial charge in [-0.25, -0.2) is 4.98 Å². The molecule has 4 rings (SSSR count). The summed E-state index contributed by atoms with van der Waals surface area (Å²) in [6.07, 6.45) is 8.04. The molecule has 0 saturated carbocycles. The number of hydrogen-bond acceptors (Lipinski definition) is 5. The number of nitrogens with one attached hydrogen (secondary N) is 1. The molecular formula is C23H25N5O. The van der Waals surface area contributed by atoms with Crippen LogP contribution in [-0.2, 0) is 19.5 Å². The van der Waals surface area contributed by atoms with E-state index in [1.54, 1.807) is 18.6 Å². The molecule has 1 aliphatic rings. The monoisotopic (exact) mass is 387 g/mol. The number of hydrogen-bond donors (Lipinski definition) is 1. The topological polar surface area (TPSA) is 71.0 Å². The van der Waals surface area contributed by atoms with Crippen molar-refractivity contribution in [3.63, 3.8) is 0 Å². The van der Waals surface area contributed by atoms with Gasteiger partial charge >= 0.3 is 0 Å². The number of amides is 1. The third kappa shape index (κ3) is 4.11. The van der Waals surface area contributed by atoms with E-state index in [0.29, 0.717) is 12.1 Å².